The maximum Gasteiger partial charge on any atom is 0.271 e. The Hall–Kier alpha value is -3.40. The molecule has 2 aromatic carbocycles. The quantitative estimate of drug-likeness (QED) is 0.630. The number of carbonyl (C=O) groups is 1. The van der Waals surface area contributed by atoms with Crippen LogP contribution in [0.4, 0.5) is 11.4 Å². The summed E-state index contributed by atoms with van der Waals surface area (Å²) in [6, 6.07) is 13.1. The van der Waals surface area contributed by atoms with Gasteiger partial charge in [-0.05, 0) is 30.2 Å². The van der Waals surface area contributed by atoms with Gasteiger partial charge in [0, 0.05) is 12.1 Å². The van der Waals surface area contributed by atoms with E-state index in [2.05, 4.69) is 0 Å². The summed E-state index contributed by atoms with van der Waals surface area (Å²) in [5.74, 6) is 0.213. The van der Waals surface area contributed by atoms with Crippen LogP contribution in [0, 0.1) is 21.4 Å². The minimum Gasteiger partial charge on any atom is -0.478 e. The van der Waals surface area contributed by atoms with E-state index in [0.717, 1.165) is 5.56 Å². The average molecular weight is 337 g/mol. The molecule has 0 spiro atoms. The van der Waals surface area contributed by atoms with Crippen LogP contribution in [0.15, 0.2) is 42.5 Å². The van der Waals surface area contributed by atoms with Crippen molar-refractivity contribution in [2.24, 2.45) is 0 Å². The Morgan fingerprint density at radius 2 is 2.00 bits per heavy atom. The lowest BCUT2D eigenvalue weighted by molar-refractivity contribution is -0.384. The molecule has 1 atom stereocenters. The van der Waals surface area contributed by atoms with E-state index < -0.39 is 11.0 Å². The molecule has 3 rings (SSSR count). The fourth-order valence-electron chi connectivity index (χ4n) is 2.71. The molecule has 0 radical (unpaired) electrons. The van der Waals surface area contributed by atoms with Crippen molar-refractivity contribution in [2.75, 3.05) is 4.90 Å². The zero-order valence-electron chi connectivity index (χ0n) is 13.5. The first-order valence-corrected chi connectivity index (χ1v) is 7.79. The van der Waals surface area contributed by atoms with Gasteiger partial charge in [-0.2, -0.15) is 5.26 Å². The number of rotatable bonds is 4. The number of fused-ring (bicyclic) bond motifs is 1. The first kappa shape index (κ1) is 16.5. The minimum atomic E-state index is -0.618. The molecule has 7 heteroatoms. The van der Waals surface area contributed by atoms with Gasteiger partial charge in [-0.15, -0.1) is 0 Å². The number of hydrogen-bond donors (Lipinski definition) is 0. The van der Waals surface area contributed by atoms with Crippen molar-refractivity contribution in [1.82, 2.24) is 0 Å². The van der Waals surface area contributed by atoms with Crippen LogP contribution in [0.25, 0.3) is 0 Å². The van der Waals surface area contributed by atoms with Crippen LogP contribution in [-0.2, 0) is 11.3 Å². The molecular weight excluding hydrogens is 322 g/mol. The normalized spacial score (nSPS) is 15.9. The van der Waals surface area contributed by atoms with Crippen molar-refractivity contribution >= 4 is 17.3 Å². The van der Waals surface area contributed by atoms with Gasteiger partial charge < -0.3 is 9.64 Å². The van der Waals surface area contributed by atoms with Gasteiger partial charge in [0.15, 0.2) is 6.10 Å². The summed E-state index contributed by atoms with van der Waals surface area (Å²) in [5.41, 5.74) is 1.63. The molecule has 0 aromatic heterocycles. The third kappa shape index (κ3) is 3.15. The van der Waals surface area contributed by atoms with Gasteiger partial charge in [-0.25, -0.2) is 0 Å². The first-order valence-electron chi connectivity index (χ1n) is 7.79. The Kier molecular flexibility index (Phi) is 4.35. The molecule has 1 unspecified atom stereocenters. The number of hydrogen-bond acceptors (Lipinski definition) is 5. The molecular formula is C18H15N3O4. The summed E-state index contributed by atoms with van der Waals surface area (Å²) >= 11 is 0. The molecule has 0 bridgehead atoms. The van der Waals surface area contributed by atoms with E-state index in [0.29, 0.717) is 23.4 Å². The monoisotopic (exact) mass is 337 g/mol. The van der Waals surface area contributed by atoms with Crippen LogP contribution in [0.1, 0.15) is 24.5 Å². The number of carbonyl (C=O) groups excluding carboxylic acids is 1. The highest BCUT2D eigenvalue weighted by Crippen LogP contribution is 2.38. The second-order valence-corrected chi connectivity index (χ2v) is 5.66. The predicted octanol–water partition coefficient (Wildman–Crippen LogP) is 3.17. The third-order valence-electron chi connectivity index (χ3n) is 4.05. The Labute approximate surface area is 144 Å². The van der Waals surface area contributed by atoms with E-state index in [-0.39, 0.29) is 18.1 Å². The number of anilines is 1. The van der Waals surface area contributed by atoms with E-state index in [4.69, 9.17) is 10.00 Å². The van der Waals surface area contributed by atoms with Crippen LogP contribution >= 0.6 is 0 Å². The molecule has 0 saturated carbocycles. The SMILES string of the molecule is CCC1Oc2ccc([N+](=O)[O-])cc2N(Cc2ccc(C#N)cc2)C1=O. The zero-order chi connectivity index (χ0) is 18.0. The summed E-state index contributed by atoms with van der Waals surface area (Å²) in [6.07, 6.45) is -0.119. The number of nitro benzene ring substituents is 1. The smallest absolute Gasteiger partial charge is 0.271 e. The zero-order valence-corrected chi connectivity index (χ0v) is 13.5. The highest BCUT2D eigenvalue weighted by molar-refractivity contribution is 6.00. The second-order valence-electron chi connectivity index (χ2n) is 5.66. The number of benzene rings is 2. The van der Waals surface area contributed by atoms with Crippen molar-refractivity contribution < 1.29 is 14.5 Å². The maximum atomic E-state index is 12.7. The van der Waals surface area contributed by atoms with Crippen LogP contribution in [0.3, 0.4) is 0 Å². The molecule has 2 aromatic rings. The van der Waals surface area contributed by atoms with Crippen molar-refractivity contribution in [3.05, 3.63) is 63.7 Å². The summed E-state index contributed by atoms with van der Waals surface area (Å²) < 4.78 is 5.68. The van der Waals surface area contributed by atoms with Gasteiger partial charge in [0.25, 0.3) is 11.6 Å². The van der Waals surface area contributed by atoms with E-state index in [1.54, 1.807) is 24.3 Å². The number of nitrogens with zero attached hydrogens (tertiary/aromatic N) is 3. The topological polar surface area (TPSA) is 96.5 Å². The van der Waals surface area contributed by atoms with Gasteiger partial charge in [-0.1, -0.05) is 19.1 Å². The molecule has 0 aliphatic carbocycles. The van der Waals surface area contributed by atoms with Gasteiger partial charge in [0.05, 0.1) is 28.8 Å². The summed E-state index contributed by atoms with van der Waals surface area (Å²) in [6.45, 7) is 2.09. The lowest BCUT2D eigenvalue weighted by Gasteiger charge is -2.34. The number of nitriles is 1. The van der Waals surface area contributed by atoms with Crippen molar-refractivity contribution in [3.63, 3.8) is 0 Å². The standard InChI is InChI=1S/C18H15N3O4/c1-2-16-18(22)20(11-13-5-3-12(10-19)4-6-13)15-9-14(21(23)24)7-8-17(15)25-16/h3-9,16H,2,11H2,1H3. The van der Waals surface area contributed by atoms with Gasteiger partial charge in [0.1, 0.15) is 5.75 Å². The number of amides is 1. The van der Waals surface area contributed by atoms with Crippen molar-refractivity contribution in [1.29, 1.82) is 5.26 Å². The number of non-ortho nitro benzene ring substituents is 1. The van der Waals surface area contributed by atoms with E-state index >= 15 is 0 Å². The molecule has 1 aliphatic heterocycles. The predicted molar refractivity (Wildman–Crippen MR) is 90.2 cm³/mol. The Balaban J connectivity index is 2.00. The summed E-state index contributed by atoms with van der Waals surface area (Å²) in [5, 5.41) is 19.9. The average Bonchev–Trinajstić information content (AvgIpc) is 2.63. The molecule has 7 nitrogen and oxygen atoms in total. The van der Waals surface area contributed by atoms with Crippen molar-refractivity contribution in [2.45, 2.75) is 26.0 Å². The third-order valence-corrected chi connectivity index (χ3v) is 4.05. The Bertz CT molecular complexity index is 871. The van der Waals surface area contributed by atoms with Crippen LogP contribution < -0.4 is 9.64 Å². The molecule has 0 N–H and O–H groups in total. The first-order chi connectivity index (χ1) is 12.0. The molecule has 25 heavy (non-hydrogen) atoms. The second kappa shape index (κ2) is 6.61. The molecule has 1 amide bonds. The van der Waals surface area contributed by atoms with E-state index in [9.17, 15) is 14.9 Å². The van der Waals surface area contributed by atoms with Gasteiger partial charge in [-0.3, -0.25) is 14.9 Å². The van der Waals surface area contributed by atoms with Crippen molar-refractivity contribution in [3.8, 4) is 11.8 Å². The largest absolute Gasteiger partial charge is 0.478 e. The molecule has 0 saturated heterocycles. The Morgan fingerprint density at radius 3 is 2.60 bits per heavy atom. The van der Waals surface area contributed by atoms with Gasteiger partial charge in [0.2, 0.25) is 0 Å². The highest BCUT2D eigenvalue weighted by atomic mass is 16.6. The summed E-state index contributed by atoms with van der Waals surface area (Å²) in [4.78, 5) is 24.8. The maximum absolute atomic E-state index is 12.7. The van der Waals surface area contributed by atoms with Crippen LogP contribution in [0.2, 0.25) is 0 Å². The Morgan fingerprint density at radius 1 is 1.28 bits per heavy atom. The lowest BCUT2D eigenvalue weighted by atomic mass is 10.1. The van der Waals surface area contributed by atoms with Crippen LogP contribution in [0.5, 0.6) is 5.75 Å². The molecule has 1 aliphatic rings. The molecule has 1 heterocycles. The van der Waals surface area contributed by atoms with E-state index in [1.807, 2.05) is 13.0 Å². The molecule has 126 valence electrons. The van der Waals surface area contributed by atoms with Gasteiger partial charge >= 0.3 is 0 Å². The lowest BCUT2D eigenvalue weighted by Crippen LogP contribution is -2.45. The molecule has 0 fully saturated rings. The fraction of sp³-hybridized carbons (Fsp3) is 0.222. The van der Waals surface area contributed by atoms with Crippen LogP contribution in [-0.4, -0.2) is 16.9 Å². The summed E-state index contributed by atoms with van der Waals surface area (Å²) in [7, 11) is 0. The number of nitro groups is 1. The fourth-order valence-corrected chi connectivity index (χ4v) is 2.71. The minimum absolute atomic E-state index is 0.102. The highest BCUT2D eigenvalue weighted by Gasteiger charge is 2.34. The van der Waals surface area contributed by atoms with E-state index in [1.165, 1.54) is 23.1 Å². The number of ether oxygens (including phenoxy) is 1.